The van der Waals surface area contributed by atoms with Crippen LogP contribution < -0.4 is 11.2 Å². The van der Waals surface area contributed by atoms with Crippen LogP contribution in [0.4, 0.5) is 4.79 Å². The molecular weight excluding hydrogens is 156 g/mol. The van der Waals surface area contributed by atoms with Gasteiger partial charge in [-0.15, -0.1) is 5.48 Å². The minimum Gasteiger partial charge on any atom is -0.354 e. The van der Waals surface area contributed by atoms with E-state index in [1.807, 2.05) is 0 Å². The number of hydrogen-bond acceptors (Lipinski definition) is 3. The van der Waals surface area contributed by atoms with Gasteiger partial charge in [0.1, 0.15) is 0 Å². The van der Waals surface area contributed by atoms with E-state index in [9.17, 15) is 4.79 Å². The average molecular weight is 172 g/mol. The molecule has 1 saturated carbocycles. The number of primary amides is 1. The van der Waals surface area contributed by atoms with E-state index in [0.717, 1.165) is 12.8 Å². The second kappa shape index (κ2) is 3.76. The molecule has 0 atom stereocenters. The van der Waals surface area contributed by atoms with Crippen molar-refractivity contribution in [2.45, 2.75) is 44.6 Å². The zero-order valence-electron chi connectivity index (χ0n) is 7.43. The summed E-state index contributed by atoms with van der Waals surface area (Å²) in [6.45, 7) is 2.05. The number of carbonyl (C=O) groups is 1. The van der Waals surface area contributed by atoms with E-state index >= 15 is 0 Å². The molecule has 1 rings (SSSR count). The van der Waals surface area contributed by atoms with Gasteiger partial charge in [-0.3, -0.25) is 0 Å². The molecule has 1 amide bonds. The minimum absolute atomic E-state index is 0.0622. The van der Waals surface area contributed by atoms with Gasteiger partial charge in [0.05, 0.1) is 5.54 Å². The lowest BCUT2D eigenvalue weighted by Crippen LogP contribution is -2.45. The first-order valence-corrected chi connectivity index (χ1v) is 4.36. The number of carbonyl (C=O) groups excluding carboxylic acids is 1. The zero-order valence-corrected chi connectivity index (χ0v) is 7.43. The fourth-order valence-electron chi connectivity index (χ4n) is 1.61. The Morgan fingerprint density at radius 3 is 2.50 bits per heavy atom. The molecule has 1 aliphatic carbocycles. The van der Waals surface area contributed by atoms with Crippen LogP contribution in [0.2, 0.25) is 0 Å². The molecule has 4 heteroatoms. The molecule has 0 spiro atoms. The zero-order chi connectivity index (χ0) is 9.03. The second-order valence-corrected chi connectivity index (χ2v) is 3.64. The maximum Gasteiger partial charge on any atom is 0.423 e. The van der Waals surface area contributed by atoms with Crippen molar-refractivity contribution >= 4 is 6.09 Å². The number of nitrogens with one attached hydrogen (secondary N) is 1. The molecule has 0 aliphatic heterocycles. The summed E-state index contributed by atoms with van der Waals surface area (Å²) in [5.41, 5.74) is 7.51. The van der Waals surface area contributed by atoms with Crippen LogP contribution in [0.25, 0.3) is 0 Å². The van der Waals surface area contributed by atoms with Crippen molar-refractivity contribution in [2.75, 3.05) is 0 Å². The molecular formula is C8H16N2O2. The first-order chi connectivity index (χ1) is 5.62. The van der Waals surface area contributed by atoms with Gasteiger partial charge in [-0.05, 0) is 19.8 Å². The average Bonchev–Trinajstić information content (AvgIpc) is 2.03. The van der Waals surface area contributed by atoms with Crippen LogP contribution in [-0.4, -0.2) is 11.6 Å². The van der Waals surface area contributed by atoms with Crippen LogP contribution in [0.3, 0.4) is 0 Å². The Hall–Kier alpha value is -0.770. The third-order valence-electron chi connectivity index (χ3n) is 2.36. The maximum absolute atomic E-state index is 10.3. The summed E-state index contributed by atoms with van der Waals surface area (Å²) < 4.78 is 0. The number of nitrogens with two attached hydrogens (primary N) is 1. The lowest BCUT2D eigenvalue weighted by atomic mass is 9.84. The quantitative estimate of drug-likeness (QED) is 0.617. The van der Waals surface area contributed by atoms with Gasteiger partial charge in [0.15, 0.2) is 0 Å². The lowest BCUT2D eigenvalue weighted by Gasteiger charge is -2.32. The molecule has 1 fully saturated rings. The summed E-state index contributed by atoms with van der Waals surface area (Å²) in [4.78, 5) is 14.9. The van der Waals surface area contributed by atoms with Crippen LogP contribution in [0, 0.1) is 0 Å². The van der Waals surface area contributed by atoms with E-state index in [2.05, 4.69) is 17.2 Å². The summed E-state index contributed by atoms with van der Waals surface area (Å²) in [7, 11) is 0. The van der Waals surface area contributed by atoms with E-state index in [4.69, 9.17) is 5.73 Å². The fourth-order valence-corrected chi connectivity index (χ4v) is 1.61. The number of hydroxylamine groups is 1. The molecule has 0 bridgehead atoms. The van der Waals surface area contributed by atoms with Crippen molar-refractivity contribution in [3.8, 4) is 0 Å². The van der Waals surface area contributed by atoms with Crippen molar-refractivity contribution in [3.05, 3.63) is 0 Å². The topological polar surface area (TPSA) is 64.3 Å². The molecule has 0 unspecified atom stereocenters. The summed E-state index contributed by atoms with van der Waals surface area (Å²) >= 11 is 0. The first kappa shape index (κ1) is 9.32. The number of amides is 1. The summed E-state index contributed by atoms with van der Waals surface area (Å²) in [5, 5.41) is 0. The normalized spacial score (nSPS) is 21.8. The molecule has 0 aromatic heterocycles. The molecule has 4 nitrogen and oxygen atoms in total. The predicted octanol–water partition coefficient (Wildman–Crippen LogP) is 1.31. The third kappa shape index (κ3) is 2.70. The van der Waals surface area contributed by atoms with E-state index in [1.165, 1.54) is 19.3 Å². The van der Waals surface area contributed by atoms with Crippen molar-refractivity contribution in [3.63, 3.8) is 0 Å². The van der Waals surface area contributed by atoms with E-state index in [-0.39, 0.29) is 5.54 Å². The summed E-state index contributed by atoms with van der Waals surface area (Å²) in [6.07, 6.45) is 4.97. The Balaban J connectivity index is 2.31. The minimum atomic E-state index is -0.762. The lowest BCUT2D eigenvalue weighted by molar-refractivity contribution is 0.0251. The highest BCUT2D eigenvalue weighted by Gasteiger charge is 2.27. The van der Waals surface area contributed by atoms with Gasteiger partial charge in [-0.25, -0.2) is 4.79 Å². The Kier molecular flexibility index (Phi) is 2.92. The molecule has 3 N–H and O–H groups in total. The third-order valence-corrected chi connectivity index (χ3v) is 2.36. The van der Waals surface area contributed by atoms with Gasteiger partial charge >= 0.3 is 6.09 Å². The molecule has 0 radical (unpaired) electrons. The van der Waals surface area contributed by atoms with Crippen LogP contribution in [0.1, 0.15) is 39.0 Å². The van der Waals surface area contributed by atoms with Gasteiger partial charge in [-0.2, -0.15) is 0 Å². The number of rotatable bonds is 2. The van der Waals surface area contributed by atoms with Crippen molar-refractivity contribution < 1.29 is 9.63 Å². The van der Waals surface area contributed by atoms with Gasteiger partial charge in [0.2, 0.25) is 0 Å². The van der Waals surface area contributed by atoms with E-state index < -0.39 is 6.09 Å². The van der Waals surface area contributed by atoms with Crippen molar-refractivity contribution in [1.82, 2.24) is 5.48 Å². The van der Waals surface area contributed by atoms with Crippen LogP contribution in [0.15, 0.2) is 0 Å². The number of hydrogen-bond donors (Lipinski definition) is 2. The van der Waals surface area contributed by atoms with Crippen molar-refractivity contribution in [2.24, 2.45) is 5.73 Å². The highest BCUT2D eigenvalue weighted by atomic mass is 16.7. The van der Waals surface area contributed by atoms with Crippen molar-refractivity contribution in [1.29, 1.82) is 0 Å². The fraction of sp³-hybridized carbons (Fsp3) is 0.875. The Morgan fingerprint density at radius 1 is 1.42 bits per heavy atom. The Morgan fingerprint density at radius 2 is 2.00 bits per heavy atom. The SMILES string of the molecule is CC1(NOC(N)=O)CCCCC1. The molecule has 12 heavy (non-hydrogen) atoms. The summed E-state index contributed by atoms with van der Waals surface area (Å²) in [6, 6.07) is 0. The standard InChI is InChI=1S/C8H16N2O2/c1-8(10-12-7(9)11)5-3-2-4-6-8/h10H,2-6H2,1H3,(H2,9,11). The predicted molar refractivity (Wildman–Crippen MR) is 45.3 cm³/mol. The smallest absolute Gasteiger partial charge is 0.354 e. The summed E-state index contributed by atoms with van der Waals surface area (Å²) in [5.74, 6) is 0. The molecule has 0 aromatic carbocycles. The Bertz CT molecular complexity index is 164. The van der Waals surface area contributed by atoms with Gasteiger partial charge in [-0.1, -0.05) is 19.3 Å². The van der Waals surface area contributed by atoms with E-state index in [1.54, 1.807) is 0 Å². The molecule has 0 saturated heterocycles. The van der Waals surface area contributed by atoms with Gasteiger partial charge in [0, 0.05) is 0 Å². The van der Waals surface area contributed by atoms with Gasteiger partial charge in [0.25, 0.3) is 0 Å². The molecule has 0 heterocycles. The van der Waals surface area contributed by atoms with Gasteiger partial charge < -0.3 is 10.6 Å². The van der Waals surface area contributed by atoms with Crippen LogP contribution in [0.5, 0.6) is 0 Å². The Labute approximate surface area is 72.4 Å². The second-order valence-electron chi connectivity index (χ2n) is 3.64. The van der Waals surface area contributed by atoms with Crippen LogP contribution in [-0.2, 0) is 4.84 Å². The molecule has 1 aliphatic rings. The molecule has 70 valence electrons. The molecule has 0 aromatic rings. The highest BCUT2D eigenvalue weighted by molar-refractivity contribution is 5.64. The monoisotopic (exact) mass is 172 g/mol. The highest BCUT2D eigenvalue weighted by Crippen LogP contribution is 2.27. The maximum atomic E-state index is 10.3. The van der Waals surface area contributed by atoms with Crippen LogP contribution >= 0.6 is 0 Å². The largest absolute Gasteiger partial charge is 0.423 e. The first-order valence-electron chi connectivity index (χ1n) is 4.36. The van der Waals surface area contributed by atoms with E-state index in [0.29, 0.717) is 0 Å².